The van der Waals surface area contributed by atoms with Gasteiger partial charge in [-0.15, -0.1) is 0 Å². The first-order valence-electron chi connectivity index (χ1n) is 7.47. The SMILES string of the molecule is O=S(=O)(N1CCOCC1)N1CCC[C@H](Cc2ccn[nH]2)C1. The van der Waals surface area contributed by atoms with Crippen molar-refractivity contribution in [3.05, 3.63) is 18.0 Å². The molecule has 1 atom stereocenters. The maximum absolute atomic E-state index is 12.7. The van der Waals surface area contributed by atoms with E-state index >= 15 is 0 Å². The van der Waals surface area contributed by atoms with Crippen molar-refractivity contribution >= 4 is 10.2 Å². The fourth-order valence-corrected chi connectivity index (χ4v) is 4.75. The molecule has 0 saturated carbocycles. The Balaban J connectivity index is 1.64. The summed E-state index contributed by atoms with van der Waals surface area (Å²) in [5.41, 5.74) is 1.07. The lowest BCUT2D eigenvalue weighted by atomic mass is 9.95. The van der Waals surface area contributed by atoms with Gasteiger partial charge in [-0.25, -0.2) is 0 Å². The summed E-state index contributed by atoms with van der Waals surface area (Å²) in [7, 11) is -3.34. The van der Waals surface area contributed by atoms with Crippen LogP contribution >= 0.6 is 0 Å². The Morgan fingerprint density at radius 3 is 2.81 bits per heavy atom. The number of H-pyrrole nitrogens is 1. The highest BCUT2D eigenvalue weighted by molar-refractivity contribution is 7.86. The van der Waals surface area contributed by atoms with Gasteiger partial charge in [0.2, 0.25) is 0 Å². The van der Waals surface area contributed by atoms with Crippen LogP contribution in [0.1, 0.15) is 18.5 Å². The molecule has 0 spiro atoms. The van der Waals surface area contributed by atoms with Gasteiger partial charge in [0, 0.05) is 38.1 Å². The van der Waals surface area contributed by atoms with Gasteiger partial charge in [0.15, 0.2) is 0 Å². The van der Waals surface area contributed by atoms with Crippen molar-refractivity contribution in [1.82, 2.24) is 18.8 Å². The van der Waals surface area contributed by atoms with Crippen molar-refractivity contribution in [2.75, 3.05) is 39.4 Å². The van der Waals surface area contributed by atoms with Gasteiger partial charge in [0.1, 0.15) is 0 Å². The second-order valence-corrected chi connectivity index (χ2v) is 7.60. The fraction of sp³-hybridized carbons (Fsp3) is 0.769. The van der Waals surface area contributed by atoms with E-state index in [1.165, 1.54) is 0 Å². The molecule has 21 heavy (non-hydrogen) atoms. The monoisotopic (exact) mass is 314 g/mol. The van der Waals surface area contributed by atoms with Crippen molar-refractivity contribution in [3.63, 3.8) is 0 Å². The van der Waals surface area contributed by atoms with E-state index in [-0.39, 0.29) is 0 Å². The molecule has 0 amide bonds. The number of ether oxygens (including phenoxy) is 1. The second-order valence-electron chi connectivity index (χ2n) is 5.67. The topological polar surface area (TPSA) is 78.5 Å². The van der Waals surface area contributed by atoms with Crippen LogP contribution in [0.4, 0.5) is 0 Å². The van der Waals surface area contributed by atoms with Crippen LogP contribution < -0.4 is 0 Å². The zero-order valence-corrected chi connectivity index (χ0v) is 12.9. The van der Waals surface area contributed by atoms with Crippen LogP contribution in [-0.2, 0) is 21.4 Å². The van der Waals surface area contributed by atoms with Crippen LogP contribution in [0, 0.1) is 5.92 Å². The zero-order valence-electron chi connectivity index (χ0n) is 12.1. The van der Waals surface area contributed by atoms with E-state index in [0.29, 0.717) is 45.3 Å². The summed E-state index contributed by atoms with van der Waals surface area (Å²) in [6.07, 6.45) is 4.58. The summed E-state index contributed by atoms with van der Waals surface area (Å²) in [6.45, 7) is 3.13. The summed E-state index contributed by atoms with van der Waals surface area (Å²) in [5.74, 6) is 0.356. The van der Waals surface area contributed by atoms with Gasteiger partial charge in [0.25, 0.3) is 10.2 Å². The maximum atomic E-state index is 12.7. The van der Waals surface area contributed by atoms with Gasteiger partial charge < -0.3 is 4.74 Å². The first kappa shape index (κ1) is 15.0. The number of nitrogens with one attached hydrogen (secondary N) is 1. The molecule has 118 valence electrons. The molecule has 0 aromatic carbocycles. The van der Waals surface area contributed by atoms with E-state index in [2.05, 4.69) is 10.2 Å². The molecule has 7 nitrogen and oxygen atoms in total. The quantitative estimate of drug-likeness (QED) is 0.863. The number of aromatic nitrogens is 2. The van der Waals surface area contributed by atoms with E-state index in [4.69, 9.17) is 4.74 Å². The molecule has 8 heteroatoms. The lowest BCUT2D eigenvalue weighted by molar-refractivity contribution is 0.0691. The van der Waals surface area contributed by atoms with Crippen molar-refractivity contribution < 1.29 is 13.2 Å². The molecular formula is C13H22N4O3S. The Morgan fingerprint density at radius 1 is 1.29 bits per heavy atom. The molecule has 1 aromatic heterocycles. The average Bonchev–Trinajstić information content (AvgIpc) is 3.01. The minimum absolute atomic E-state index is 0.356. The normalized spacial score (nSPS) is 26.0. The predicted octanol–water partition coefficient (Wildman–Crippen LogP) is 0.241. The Morgan fingerprint density at radius 2 is 2.10 bits per heavy atom. The van der Waals surface area contributed by atoms with Crippen LogP contribution in [0.5, 0.6) is 0 Å². The van der Waals surface area contributed by atoms with Gasteiger partial charge in [-0.05, 0) is 31.2 Å². The maximum Gasteiger partial charge on any atom is 0.282 e. The van der Waals surface area contributed by atoms with E-state index in [1.807, 2.05) is 6.07 Å². The minimum Gasteiger partial charge on any atom is -0.379 e. The van der Waals surface area contributed by atoms with Crippen molar-refractivity contribution in [2.24, 2.45) is 5.92 Å². The highest BCUT2D eigenvalue weighted by Crippen LogP contribution is 2.24. The predicted molar refractivity (Wildman–Crippen MR) is 77.9 cm³/mol. The van der Waals surface area contributed by atoms with Gasteiger partial charge in [-0.1, -0.05) is 0 Å². The molecule has 2 aliphatic rings. The van der Waals surface area contributed by atoms with Gasteiger partial charge in [-0.3, -0.25) is 5.10 Å². The van der Waals surface area contributed by atoms with Crippen LogP contribution in [0.25, 0.3) is 0 Å². The summed E-state index contributed by atoms with van der Waals surface area (Å²) in [5, 5.41) is 6.91. The molecule has 0 unspecified atom stereocenters. The number of nitrogens with zero attached hydrogens (tertiary/aromatic N) is 3. The third-order valence-electron chi connectivity index (χ3n) is 4.17. The zero-order chi connectivity index (χ0) is 14.7. The molecule has 1 aromatic rings. The Bertz CT molecular complexity index is 540. The Hall–Kier alpha value is -0.960. The lowest BCUT2D eigenvalue weighted by Crippen LogP contribution is -2.51. The highest BCUT2D eigenvalue weighted by atomic mass is 32.2. The summed E-state index contributed by atoms with van der Waals surface area (Å²) < 4.78 is 33.8. The fourth-order valence-electron chi connectivity index (χ4n) is 3.05. The van der Waals surface area contributed by atoms with E-state index in [1.54, 1.807) is 14.8 Å². The average molecular weight is 314 g/mol. The number of rotatable bonds is 4. The summed E-state index contributed by atoms with van der Waals surface area (Å²) in [6, 6.07) is 1.95. The van der Waals surface area contributed by atoms with Gasteiger partial charge >= 0.3 is 0 Å². The van der Waals surface area contributed by atoms with Crippen LogP contribution in [-0.4, -0.2) is 66.6 Å². The van der Waals surface area contributed by atoms with Crippen molar-refractivity contribution in [1.29, 1.82) is 0 Å². The summed E-state index contributed by atoms with van der Waals surface area (Å²) >= 11 is 0. The smallest absolute Gasteiger partial charge is 0.282 e. The lowest BCUT2D eigenvalue weighted by Gasteiger charge is -2.36. The molecule has 3 rings (SSSR count). The highest BCUT2D eigenvalue weighted by Gasteiger charge is 2.34. The Kier molecular flexibility index (Phi) is 4.58. The number of hydrogen-bond donors (Lipinski definition) is 1. The van der Waals surface area contributed by atoms with E-state index in [0.717, 1.165) is 25.0 Å². The molecule has 1 N–H and O–H groups in total. The Labute approximate surface area is 125 Å². The number of piperidine rings is 1. The van der Waals surface area contributed by atoms with Crippen molar-refractivity contribution in [3.8, 4) is 0 Å². The molecule has 2 saturated heterocycles. The first-order chi connectivity index (χ1) is 10.2. The minimum atomic E-state index is -3.34. The third-order valence-corrected chi connectivity index (χ3v) is 6.17. The van der Waals surface area contributed by atoms with E-state index in [9.17, 15) is 8.42 Å². The number of hydrogen-bond acceptors (Lipinski definition) is 4. The largest absolute Gasteiger partial charge is 0.379 e. The van der Waals surface area contributed by atoms with Crippen LogP contribution in [0.3, 0.4) is 0 Å². The molecule has 0 radical (unpaired) electrons. The van der Waals surface area contributed by atoms with Crippen LogP contribution in [0.2, 0.25) is 0 Å². The molecule has 2 aliphatic heterocycles. The van der Waals surface area contributed by atoms with Gasteiger partial charge in [-0.2, -0.15) is 22.1 Å². The van der Waals surface area contributed by atoms with Crippen LogP contribution in [0.15, 0.2) is 12.3 Å². The first-order valence-corrected chi connectivity index (χ1v) is 8.87. The molecule has 0 aliphatic carbocycles. The molecule has 3 heterocycles. The van der Waals surface area contributed by atoms with Crippen molar-refractivity contribution in [2.45, 2.75) is 19.3 Å². The van der Waals surface area contributed by atoms with Gasteiger partial charge in [0.05, 0.1) is 13.2 Å². The molecular weight excluding hydrogens is 292 g/mol. The van der Waals surface area contributed by atoms with E-state index < -0.39 is 10.2 Å². The second kappa shape index (κ2) is 6.43. The third kappa shape index (κ3) is 3.45. The number of aromatic amines is 1. The molecule has 2 fully saturated rings. The summed E-state index contributed by atoms with van der Waals surface area (Å²) in [4.78, 5) is 0. The standard InChI is InChI=1S/C13H22N4O3S/c18-21(19,16-6-8-20-9-7-16)17-5-1-2-12(11-17)10-13-3-4-14-15-13/h3-4,12H,1-2,5-11H2,(H,14,15)/t12-/m1/s1. The number of morpholine rings is 1. The molecule has 0 bridgehead atoms.